The highest BCUT2D eigenvalue weighted by atomic mass is 19.1. The highest BCUT2D eigenvalue weighted by Gasteiger charge is 2.45. The molecule has 0 heterocycles. The quantitative estimate of drug-likeness (QED) is 0.766. The summed E-state index contributed by atoms with van der Waals surface area (Å²) in [6.45, 7) is 0.186. The predicted molar refractivity (Wildman–Crippen MR) is 62.7 cm³/mol. The van der Waals surface area contributed by atoms with Gasteiger partial charge in [-0.3, -0.25) is 0 Å². The molecule has 0 saturated heterocycles. The number of amides is 2. The third-order valence-corrected chi connectivity index (χ3v) is 2.83. The van der Waals surface area contributed by atoms with E-state index in [4.69, 9.17) is 6.42 Å². The Morgan fingerprint density at radius 3 is 2.88 bits per heavy atom. The molecule has 17 heavy (non-hydrogen) atoms. The summed E-state index contributed by atoms with van der Waals surface area (Å²) in [6.07, 6.45) is 6.68. The van der Waals surface area contributed by atoms with Gasteiger partial charge in [-0.15, -0.1) is 6.42 Å². The Labute approximate surface area is 99.4 Å². The number of benzene rings is 1. The summed E-state index contributed by atoms with van der Waals surface area (Å²) in [4.78, 5) is 11.5. The summed E-state index contributed by atoms with van der Waals surface area (Å²) < 4.78 is 13.1. The van der Waals surface area contributed by atoms with Gasteiger partial charge in [0.15, 0.2) is 0 Å². The fourth-order valence-corrected chi connectivity index (χ4v) is 1.79. The summed E-state index contributed by atoms with van der Waals surface area (Å²) >= 11 is 0. The van der Waals surface area contributed by atoms with Crippen LogP contribution in [0.15, 0.2) is 24.3 Å². The topological polar surface area (TPSA) is 41.1 Å². The number of terminal acetylenes is 1. The van der Waals surface area contributed by atoms with Crippen LogP contribution >= 0.6 is 0 Å². The summed E-state index contributed by atoms with van der Waals surface area (Å²) in [5, 5.41) is 5.37. The Kier molecular flexibility index (Phi) is 3.01. The van der Waals surface area contributed by atoms with Crippen LogP contribution < -0.4 is 10.6 Å². The van der Waals surface area contributed by atoms with E-state index in [2.05, 4.69) is 16.6 Å². The van der Waals surface area contributed by atoms with E-state index >= 15 is 0 Å². The SMILES string of the molecule is C#CCNC(=O)NC1(c2cccc(F)c2)CC1. The standard InChI is InChI=1S/C13H13FN2O/c1-2-8-15-12(17)16-13(6-7-13)10-4-3-5-11(14)9-10/h1,3-5,9H,6-8H2,(H2,15,16,17). The van der Waals surface area contributed by atoms with Gasteiger partial charge in [0, 0.05) is 0 Å². The first-order valence-corrected chi connectivity index (χ1v) is 5.42. The fraction of sp³-hybridized carbons (Fsp3) is 0.308. The molecule has 1 aliphatic rings. The van der Waals surface area contributed by atoms with Crippen molar-refractivity contribution < 1.29 is 9.18 Å². The Hall–Kier alpha value is -2.02. The molecule has 2 N–H and O–H groups in total. The molecule has 0 spiro atoms. The molecule has 1 aromatic carbocycles. The van der Waals surface area contributed by atoms with Crippen LogP contribution in [0.4, 0.5) is 9.18 Å². The maximum absolute atomic E-state index is 13.1. The first kappa shape index (κ1) is 11.5. The minimum Gasteiger partial charge on any atom is -0.329 e. The van der Waals surface area contributed by atoms with Crippen molar-refractivity contribution >= 4 is 6.03 Å². The number of hydrogen-bond acceptors (Lipinski definition) is 1. The number of halogens is 1. The number of carbonyl (C=O) groups excluding carboxylic acids is 1. The molecule has 1 fully saturated rings. The molecular weight excluding hydrogens is 219 g/mol. The molecule has 1 saturated carbocycles. The van der Waals surface area contributed by atoms with Gasteiger partial charge >= 0.3 is 6.03 Å². The van der Waals surface area contributed by atoms with E-state index in [0.29, 0.717) is 0 Å². The van der Waals surface area contributed by atoms with E-state index in [1.165, 1.54) is 12.1 Å². The molecule has 0 aliphatic heterocycles. The third-order valence-electron chi connectivity index (χ3n) is 2.83. The van der Waals surface area contributed by atoms with Crippen LogP contribution in [0.1, 0.15) is 18.4 Å². The Morgan fingerprint density at radius 1 is 1.53 bits per heavy atom. The van der Waals surface area contributed by atoms with Gasteiger partial charge in [0.2, 0.25) is 0 Å². The molecule has 2 amide bonds. The van der Waals surface area contributed by atoms with Crippen molar-refractivity contribution in [1.29, 1.82) is 0 Å². The van der Waals surface area contributed by atoms with Crippen LogP contribution in [0.3, 0.4) is 0 Å². The molecule has 2 rings (SSSR count). The maximum Gasteiger partial charge on any atom is 0.316 e. The van der Waals surface area contributed by atoms with Crippen LogP contribution in [0.5, 0.6) is 0 Å². The van der Waals surface area contributed by atoms with E-state index in [0.717, 1.165) is 18.4 Å². The molecule has 1 aromatic rings. The van der Waals surface area contributed by atoms with Crippen LogP contribution in [-0.4, -0.2) is 12.6 Å². The van der Waals surface area contributed by atoms with Gasteiger partial charge in [-0.25, -0.2) is 9.18 Å². The predicted octanol–water partition coefficient (Wildman–Crippen LogP) is 1.75. The van der Waals surface area contributed by atoms with E-state index in [9.17, 15) is 9.18 Å². The molecular formula is C13H13FN2O. The minimum absolute atomic E-state index is 0.186. The monoisotopic (exact) mass is 232 g/mol. The molecule has 1 aliphatic carbocycles. The Balaban J connectivity index is 2.05. The van der Waals surface area contributed by atoms with E-state index in [1.807, 2.05) is 6.07 Å². The normalized spacial score (nSPS) is 15.8. The molecule has 0 aromatic heterocycles. The van der Waals surface area contributed by atoms with Crippen molar-refractivity contribution in [3.63, 3.8) is 0 Å². The minimum atomic E-state index is -0.416. The average Bonchev–Trinajstić information content (AvgIpc) is 3.07. The summed E-state index contributed by atoms with van der Waals surface area (Å²) in [7, 11) is 0. The van der Waals surface area contributed by atoms with Crippen LogP contribution in [0.25, 0.3) is 0 Å². The lowest BCUT2D eigenvalue weighted by atomic mass is 10.1. The zero-order chi connectivity index (χ0) is 12.3. The third kappa shape index (κ3) is 2.56. The van der Waals surface area contributed by atoms with Gasteiger partial charge in [0.05, 0.1) is 12.1 Å². The maximum atomic E-state index is 13.1. The molecule has 0 bridgehead atoms. The van der Waals surface area contributed by atoms with Crippen LogP contribution in [0, 0.1) is 18.2 Å². The number of carbonyl (C=O) groups is 1. The molecule has 0 radical (unpaired) electrons. The van der Waals surface area contributed by atoms with Gasteiger partial charge in [-0.05, 0) is 30.5 Å². The number of nitrogens with one attached hydrogen (secondary N) is 2. The lowest BCUT2D eigenvalue weighted by Crippen LogP contribution is -2.42. The zero-order valence-electron chi connectivity index (χ0n) is 9.29. The van der Waals surface area contributed by atoms with Crippen molar-refractivity contribution in [2.45, 2.75) is 18.4 Å². The number of rotatable bonds is 3. The Morgan fingerprint density at radius 2 is 2.29 bits per heavy atom. The second-order valence-electron chi connectivity index (χ2n) is 4.10. The number of urea groups is 1. The van der Waals surface area contributed by atoms with E-state index in [-0.39, 0.29) is 18.4 Å². The average molecular weight is 232 g/mol. The zero-order valence-corrected chi connectivity index (χ0v) is 9.29. The molecule has 0 unspecified atom stereocenters. The summed E-state index contributed by atoms with van der Waals surface area (Å²) in [6, 6.07) is 5.99. The molecule has 3 nitrogen and oxygen atoms in total. The summed E-state index contributed by atoms with van der Waals surface area (Å²) in [5.41, 5.74) is 0.384. The van der Waals surface area contributed by atoms with Crippen molar-refractivity contribution in [2.75, 3.05) is 6.54 Å². The van der Waals surface area contributed by atoms with Gasteiger partial charge in [-0.1, -0.05) is 18.1 Å². The van der Waals surface area contributed by atoms with Gasteiger partial charge in [0.1, 0.15) is 5.82 Å². The fourth-order valence-electron chi connectivity index (χ4n) is 1.79. The summed E-state index contributed by atoms with van der Waals surface area (Å²) in [5.74, 6) is 2.03. The van der Waals surface area contributed by atoms with Crippen LogP contribution in [0.2, 0.25) is 0 Å². The first-order valence-electron chi connectivity index (χ1n) is 5.42. The Bertz CT molecular complexity index is 475. The second kappa shape index (κ2) is 4.46. The molecule has 4 heteroatoms. The highest BCUT2D eigenvalue weighted by Crippen LogP contribution is 2.45. The van der Waals surface area contributed by atoms with Crippen molar-refractivity contribution in [3.05, 3.63) is 35.6 Å². The largest absolute Gasteiger partial charge is 0.329 e. The smallest absolute Gasteiger partial charge is 0.316 e. The van der Waals surface area contributed by atoms with Gasteiger partial charge in [-0.2, -0.15) is 0 Å². The van der Waals surface area contributed by atoms with Crippen molar-refractivity contribution in [1.82, 2.24) is 10.6 Å². The van der Waals surface area contributed by atoms with Crippen molar-refractivity contribution in [2.24, 2.45) is 0 Å². The highest BCUT2D eigenvalue weighted by molar-refractivity contribution is 5.76. The van der Waals surface area contributed by atoms with E-state index < -0.39 is 5.54 Å². The first-order chi connectivity index (χ1) is 8.16. The van der Waals surface area contributed by atoms with Gasteiger partial charge < -0.3 is 10.6 Å². The second-order valence-corrected chi connectivity index (χ2v) is 4.10. The van der Waals surface area contributed by atoms with Gasteiger partial charge in [0.25, 0.3) is 0 Å². The van der Waals surface area contributed by atoms with Crippen LogP contribution in [-0.2, 0) is 5.54 Å². The molecule has 88 valence electrons. The van der Waals surface area contributed by atoms with Crippen molar-refractivity contribution in [3.8, 4) is 12.3 Å². The lowest BCUT2D eigenvalue weighted by Gasteiger charge is -2.18. The molecule has 0 atom stereocenters. The lowest BCUT2D eigenvalue weighted by molar-refractivity contribution is 0.237. The number of hydrogen-bond donors (Lipinski definition) is 2. The van der Waals surface area contributed by atoms with E-state index in [1.54, 1.807) is 6.07 Å².